The molecule has 1 saturated heterocycles. The summed E-state index contributed by atoms with van der Waals surface area (Å²) in [7, 11) is 0. The first-order valence-electron chi connectivity index (χ1n) is 8.18. The van der Waals surface area contributed by atoms with E-state index in [0.717, 1.165) is 22.8 Å². The maximum absolute atomic E-state index is 14.6. The number of rotatable bonds is 5. The first kappa shape index (κ1) is 17.2. The van der Waals surface area contributed by atoms with E-state index in [2.05, 4.69) is 6.58 Å². The summed E-state index contributed by atoms with van der Waals surface area (Å²) in [6.45, 7) is 6.15. The molecular weight excluding hydrogens is 321 g/mol. The fourth-order valence-corrected chi connectivity index (χ4v) is 2.80. The Bertz CT molecular complexity index is 769. The van der Waals surface area contributed by atoms with Gasteiger partial charge in [0, 0.05) is 19.2 Å². The van der Waals surface area contributed by atoms with E-state index in [1.54, 1.807) is 12.1 Å². The fourth-order valence-electron chi connectivity index (χ4n) is 2.80. The van der Waals surface area contributed by atoms with Crippen LogP contribution in [0.2, 0.25) is 0 Å². The SMILES string of the molecule is C=CC(=O)OCc1cccc(-c2ccc(N3CCOCC3)c(F)c2)c1. The Kier molecular flexibility index (Phi) is 5.46. The topological polar surface area (TPSA) is 38.8 Å². The van der Waals surface area contributed by atoms with Gasteiger partial charge >= 0.3 is 5.97 Å². The zero-order chi connectivity index (χ0) is 17.6. The van der Waals surface area contributed by atoms with Crippen molar-refractivity contribution in [1.82, 2.24) is 0 Å². The first-order chi connectivity index (χ1) is 12.2. The molecule has 0 aromatic heterocycles. The van der Waals surface area contributed by atoms with E-state index in [1.807, 2.05) is 35.2 Å². The summed E-state index contributed by atoms with van der Waals surface area (Å²) in [5, 5.41) is 0. The van der Waals surface area contributed by atoms with Gasteiger partial charge in [0.05, 0.1) is 18.9 Å². The smallest absolute Gasteiger partial charge is 0.330 e. The Morgan fingerprint density at radius 1 is 1.20 bits per heavy atom. The minimum Gasteiger partial charge on any atom is -0.458 e. The molecule has 2 aromatic carbocycles. The van der Waals surface area contributed by atoms with Crippen molar-refractivity contribution < 1.29 is 18.7 Å². The van der Waals surface area contributed by atoms with Crippen LogP contribution >= 0.6 is 0 Å². The zero-order valence-electron chi connectivity index (χ0n) is 13.9. The first-order valence-corrected chi connectivity index (χ1v) is 8.18. The second kappa shape index (κ2) is 7.94. The lowest BCUT2D eigenvalue weighted by molar-refractivity contribution is -0.138. The molecule has 0 radical (unpaired) electrons. The molecule has 25 heavy (non-hydrogen) atoms. The van der Waals surface area contributed by atoms with Gasteiger partial charge in [0.25, 0.3) is 0 Å². The molecule has 1 aliphatic rings. The Morgan fingerprint density at radius 2 is 1.96 bits per heavy atom. The van der Waals surface area contributed by atoms with Crippen molar-refractivity contribution in [2.45, 2.75) is 6.61 Å². The highest BCUT2D eigenvalue weighted by atomic mass is 19.1. The average Bonchev–Trinajstić information content (AvgIpc) is 2.67. The molecule has 1 heterocycles. The van der Waals surface area contributed by atoms with Crippen LogP contribution in [0.15, 0.2) is 55.1 Å². The largest absolute Gasteiger partial charge is 0.458 e. The van der Waals surface area contributed by atoms with Gasteiger partial charge in [0.2, 0.25) is 0 Å². The van der Waals surface area contributed by atoms with Crippen LogP contribution in [-0.2, 0) is 20.9 Å². The van der Waals surface area contributed by atoms with Gasteiger partial charge in [-0.3, -0.25) is 0 Å². The molecule has 4 nitrogen and oxygen atoms in total. The monoisotopic (exact) mass is 341 g/mol. The highest BCUT2D eigenvalue weighted by Crippen LogP contribution is 2.27. The predicted molar refractivity (Wildman–Crippen MR) is 94.9 cm³/mol. The second-order valence-corrected chi connectivity index (χ2v) is 5.78. The third-order valence-corrected chi connectivity index (χ3v) is 4.11. The van der Waals surface area contributed by atoms with E-state index in [0.29, 0.717) is 32.0 Å². The van der Waals surface area contributed by atoms with Crippen LogP contribution in [0.5, 0.6) is 0 Å². The predicted octanol–water partition coefficient (Wildman–Crippen LogP) is 3.56. The summed E-state index contributed by atoms with van der Waals surface area (Å²) in [5.74, 6) is -0.714. The Hall–Kier alpha value is -2.66. The molecule has 130 valence electrons. The minimum absolute atomic E-state index is 0.160. The van der Waals surface area contributed by atoms with Crippen molar-refractivity contribution in [1.29, 1.82) is 0 Å². The molecule has 0 N–H and O–H groups in total. The number of nitrogens with zero attached hydrogens (tertiary/aromatic N) is 1. The minimum atomic E-state index is -0.466. The van der Waals surface area contributed by atoms with E-state index in [1.165, 1.54) is 0 Å². The number of halogens is 1. The normalized spacial score (nSPS) is 14.2. The number of carbonyl (C=O) groups is 1. The molecule has 0 amide bonds. The third kappa shape index (κ3) is 4.25. The summed E-state index contributed by atoms with van der Waals surface area (Å²) in [6, 6.07) is 12.8. The number of hydrogen-bond donors (Lipinski definition) is 0. The Balaban J connectivity index is 1.78. The van der Waals surface area contributed by atoms with Crippen LogP contribution < -0.4 is 4.90 Å². The lowest BCUT2D eigenvalue weighted by Crippen LogP contribution is -2.36. The number of ether oxygens (including phenoxy) is 2. The molecule has 5 heteroatoms. The van der Waals surface area contributed by atoms with Crippen molar-refractivity contribution in [2.24, 2.45) is 0 Å². The quantitative estimate of drug-likeness (QED) is 0.616. The Labute approximate surface area is 146 Å². The number of morpholine rings is 1. The van der Waals surface area contributed by atoms with Crippen molar-refractivity contribution in [2.75, 3.05) is 31.2 Å². The summed E-state index contributed by atoms with van der Waals surface area (Å²) in [6.07, 6.45) is 1.13. The van der Waals surface area contributed by atoms with Crippen molar-refractivity contribution in [3.63, 3.8) is 0 Å². The van der Waals surface area contributed by atoms with Crippen molar-refractivity contribution >= 4 is 11.7 Å². The van der Waals surface area contributed by atoms with E-state index >= 15 is 0 Å². The summed E-state index contributed by atoms with van der Waals surface area (Å²) >= 11 is 0. The third-order valence-electron chi connectivity index (χ3n) is 4.11. The van der Waals surface area contributed by atoms with Crippen LogP contribution in [0.3, 0.4) is 0 Å². The number of benzene rings is 2. The summed E-state index contributed by atoms with van der Waals surface area (Å²) in [4.78, 5) is 13.2. The number of esters is 1. The van der Waals surface area contributed by atoms with E-state index < -0.39 is 5.97 Å². The molecule has 0 bridgehead atoms. The molecule has 0 saturated carbocycles. The molecule has 0 aliphatic carbocycles. The molecule has 0 atom stereocenters. The number of anilines is 1. The molecular formula is C20H20FNO3. The molecule has 0 spiro atoms. The highest BCUT2D eigenvalue weighted by molar-refractivity contribution is 5.81. The number of carbonyl (C=O) groups excluding carboxylic acids is 1. The second-order valence-electron chi connectivity index (χ2n) is 5.78. The van der Waals surface area contributed by atoms with Gasteiger partial charge in [-0.05, 0) is 34.9 Å². The van der Waals surface area contributed by atoms with Crippen LogP contribution in [0.4, 0.5) is 10.1 Å². The van der Waals surface area contributed by atoms with E-state index in [-0.39, 0.29) is 12.4 Å². The van der Waals surface area contributed by atoms with Crippen LogP contribution in [0, 0.1) is 5.82 Å². The average molecular weight is 341 g/mol. The highest BCUT2D eigenvalue weighted by Gasteiger charge is 2.15. The van der Waals surface area contributed by atoms with Crippen LogP contribution in [0.25, 0.3) is 11.1 Å². The molecule has 3 rings (SSSR count). The van der Waals surface area contributed by atoms with Gasteiger partial charge in [0.1, 0.15) is 12.4 Å². The van der Waals surface area contributed by atoms with Crippen molar-refractivity contribution in [3.05, 3.63) is 66.5 Å². The molecule has 0 unspecified atom stereocenters. The standard InChI is InChI=1S/C20H20FNO3/c1-2-20(23)25-14-15-4-3-5-16(12-15)17-6-7-19(18(21)13-17)22-8-10-24-11-9-22/h2-7,12-13H,1,8-11,14H2. The Morgan fingerprint density at radius 3 is 2.68 bits per heavy atom. The van der Waals surface area contributed by atoms with Gasteiger partial charge in [-0.15, -0.1) is 0 Å². The van der Waals surface area contributed by atoms with Crippen LogP contribution in [0.1, 0.15) is 5.56 Å². The lowest BCUT2D eigenvalue weighted by atomic mass is 10.0. The lowest BCUT2D eigenvalue weighted by Gasteiger charge is -2.29. The van der Waals surface area contributed by atoms with Gasteiger partial charge in [0.15, 0.2) is 0 Å². The molecule has 1 aliphatic heterocycles. The van der Waals surface area contributed by atoms with E-state index in [4.69, 9.17) is 9.47 Å². The molecule has 2 aromatic rings. The van der Waals surface area contributed by atoms with Gasteiger partial charge in [-0.25, -0.2) is 9.18 Å². The maximum atomic E-state index is 14.6. The summed E-state index contributed by atoms with van der Waals surface area (Å²) < 4.78 is 24.9. The molecule has 1 fully saturated rings. The van der Waals surface area contributed by atoms with Gasteiger partial charge < -0.3 is 14.4 Å². The van der Waals surface area contributed by atoms with Gasteiger partial charge in [-0.2, -0.15) is 0 Å². The van der Waals surface area contributed by atoms with Gasteiger partial charge in [-0.1, -0.05) is 30.8 Å². The van der Waals surface area contributed by atoms with Crippen molar-refractivity contribution in [3.8, 4) is 11.1 Å². The summed E-state index contributed by atoms with van der Waals surface area (Å²) in [5.41, 5.74) is 3.10. The number of hydrogen-bond acceptors (Lipinski definition) is 4. The maximum Gasteiger partial charge on any atom is 0.330 e. The van der Waals surface area contributed by atoms with Crippen LogP contribution in [-0.4, -0.2) is 32.3 Å². The fraction of sp³-hybridized carbons (Fsp3) is 0.250. The van der Waals surface area contributed by atoms with E-state index in [9.17, 15) is 9.18 Å². The zero-order valence-corrected chi connectivity index (χ0v) is 13.9.